The lowest BCUT2D eigenvalue weighted by molar-refractivity contribution is 0.0735. The first kappa shape index (κ1) is 16.4. The maximum Gasteiger partial charge on any atom is 0.257 e. The van der Waals surface area contributed by atoms with Crippen LogP contribution in [0.4, 0.5) is 4.39 Å². The van der Waals surface area contributed by atoms with E-state index in [2.05, 4.69) is 15.9 Å². The van der Waals surface area contributed by atoms with Crippen LogP contribution in [0.1, 0.15) is 23.2 Å². The molecule has 1 aliphatic heterocycles. The third-order valence-electron chi connectivity index (χ3n) is 3.54. The van der Waals surface area contributed by atoms with Gasteiger partial charge in [0, 0.05) is 29.9 Å². The summed E-state index contributed by atoms with van der Waals surface area (Å²) in [6, 6.07) is 2.34. The minimum Gasteiger partial charge on any atom is -0.334 e. The Bertz CT molecular complexity index is 678. The molecule has 0 saturated carbocycles. The number of amides is 1. The van der Waals surface area contributed by atoms with Gasteiger partial charge in [-0.2, -0.15) is 0 Å². The fourth-order valence-electron chi connectivity index (χ4n) is 2.49. The van der Waals surface area contributed by atoms with Crippen molar-refractivity contribution in [2.45, 2.75) is 23.8 Å². The number of nitrogens with zero attached hydrogens (tertiary/aromatic N) is 1. The van der Waals surface area contributed by atoms with Gasteiger partial charge in [0.1, 0.15) is 4.90 Å². The lowest BCUT2D eigenvalue weighted by Gasteiger charge is -2.24. The highest BCUT2D eigenvalue weighted by atomic mass is 79.9. The van der Waals surface area contributed by atoms with Gasteiger partial charge in [0.15, 0.2) is 15.7 Å². The number of nitrogens with two attached hydrogens (primary N) is 1. The van der Waals surface area contributed by atoms with Crippen LogP contribution in [0.3, 0.4) is 0 Å². The van der Waals surface area contributed by atoms with Crippen LogP contribution >= 0.6 is 15.9 Å². The Hall–Kier alpha value is -0.990. The number of benzene rings is 1. The second-order valence-electron chi connectivity index (χ2n) is 5.07. The predicted octanol–water partition coefficient (Wildman–Crippen LogP) is 1.55. The second kappa shape index (κ2) is 6.02. The predicted molar refractivity (Wildman–Crippen MR) is 80.3 cm³/mol. The van der Waals surface area contributed by atoms with Crippen molar-refractivity contribution >= 4 is 31.7 Å². The van der Waals surface area contributed by atoms with Gasteiger partial charge in [-0.05, 0) is 25.0 Å². The van der Waals surface area contributed by atoms with Crippen molar-refractivity contribution in [3.05, 3.63) is 28.0 Å². The van der Waals surface area contributed by atoms with Gasteiger partial charge in [-0.1, -0.05) is 15.9 Å². The Morgan fingerprint density at radius 2 is 2.19 bits per heavy atom. The highest BCUT2D eigenvalue weighted by Crippen LogP contribution is 2.27. The highest BCUT2D eigenvalue weighted by Gasteiger charge is 2.31. The number of carbonyl (C=O) groups is 1. The molecule has 1 unspecified atom stereocenters. The zero-order chi connectivity index (χ0) is 15.8. The Kier molecular flexibility index (Phi) is 4.69. The van der Waals surface area contributed by atoms with Crippen molar-refractivity contribution in [3.8, 4) is 0 Å². The number of hydrogen-bond acceptors (Lipinski definition) is 4. The van der Waals surface area contributed by atoms with E-state index in [-0.39, 0.29) is 11.6 Å². The third-order valence-corrected chi connectivity index (χ3v) is 5.10. The van der Waals surface area contributed by atoms with Gasteiger partial charge < -0.3 is 10.6 Å². The Morgan fingerprint density at radius 1 is 1.52 bits per heavy atom. The van der Waals surface area contributed by atoms with E-state index < -0.39 is 26.5 Å². The van der Waals surface area contributed by atoms with Crippen LogP contribution < -0.4 is 5.73 Å². The molecule has 1 aromatic rings. The molecule has 0 aromatic heterocycles. The summed E-state index contributed by atoms with van der Waals surface area (Å²) in [7, 11) is -3.76. The number of rotatable bonds is 3. The first-order valence-electron chi connectivity index (χ1n) is 6.46. The number of likely N-dealkylation sites (tertiary alicyclic amines) is 1. The molecule has 0 bridgehead atoms. The van der Waals surface area contributed by atoms with Crippen LogP contribution in [-0.2, 0) is 9.84 Å². The summed E-state index contributed by atoms with van der Waals surface area (Å²) in [6.45, 7) is 0.807. The van der Waals surface area contributed by atoms with Gasteiger partial charge in [-0.25, -0.2) is 12.8 Å². The number of hydrogen-bond donors (Lipinski definition) is 1. The Balaban J connectivity index is 2.49. The van der Waals surface area contributed by atoms with E-state index in [0.717, 1.165) is 25.2 Å². The van der Waals surface area contributed by atoms with Crippen molar-refractivity contribution in [1.82, 2.24) is 4.90 Å². The van der Waals surface area contributed by atoms with Crippen molar-refractivity contribution in [3.63, 3.8) is 0 Å². The van der Waals surface area contributed by atoms with Crippen molar-refractivity contribution in [1.29, 1.82) is 0 Å². The molecule has 1 aliphatic rings. The molecule has 5 nitrogen and oxygen atoms in total. The van der Waals surface area contributed by atoms with Crippen molar-refractivity contribution < 1.29 is 17.6 Å². The topological polar surface area (TPSA) is 80.5 Å². The SMILES string of the molecule is CS(=O)(=O)c1cc(Br)cc(C(=O)N2CCCC2CN)c1F. The number of sulfone groups is 1. The quantitative estimate of drug-likeness (QED) is 0.864. The molecule has 1 fully saturated rings. The molecule has 1 atom stereocenters. The maximum absolute atomic E-state index is 14.4. The van der Waals surface area contributed by atoms with Gasteiger partial charge >= 0.3 is 0 Å². The summed E-state index contributed by atoms with van der Waals surface area (Å²) in [4.78, 5) is 13.5. The molecule has 2 rings (SSSR count). The molecule has 2 N–H and O–H groups in total. The Morgan fingerprint density at radius 3 is 2.76 bits per heavy atom. The summed E-state index contributed by atoms with van der Waals surface area (Å²) in [6.07, 6.45) is 2.49. The third kappa shape index (κ3) is 3.27. The molecule has 116 valence electrons. The van der Waals surface area contributed by atoms with E-state index in [4.69, 9.17) is 5.73 Å². The van der Waals surface area contributed by atoms with Crippen molar-refractivity contribution in [2.75, 3.05) is 19.3 Å². The molecule has 8 heteroatoms. The molecule has 1 heterocycles. The van der Waals surface area contributed by atoms with Crippen LogP contribution in [0.25, 0.3) is 0 Å². The van der Waals surface area contributed by atoms with Crippen LogP contribution in [0.5, 0.6) is 0 Å². The fourth-order valence-corrected chi connectivity index (χ4v) is 3.88. The summed E-state index contributed by atoms with van der Waals surface area (Å²) < 4.78 is 38.0. The van der Waals surface area contributed by atoms with E-state index in [0.29, 0.717) is 17.6 Å². The van der Waals surface area contributed by atoms with E-state index >= 15 is 0 Å². The van der Waals surface area contributed by atoms with E-state index in [1.165, 1.54) is 11.0 Å². The monoisotopic (exact) mass is 378 g/mol. The van der Waals surface area contributed by atoms with Gasteiger partial charge in [0.25, 0.3) is 5.91 Å². The van der Waals surface area contributed by atoms with Gasteiger partial charge in [0.05, 0.1) is 5.56 Å². The summed E-state index contributed by atoms with van der Waals surface area (Å²) in [5.41, 5.74) is 5.37. The molecule has 1 aromatic carbocycles. The number of carbonyl (C=O) groups excluding carboxylic acids is 1. The van der Waals surface area contributed by atoms with Gasteiger partial charge in [0.2, 0.25) is 0 Å². The molecule has 0 spiro atoms. The molecular formula is C13H16BrFN2O3S. The zero-order valence-electron chi connectivity index (χ0n) is 11.5. The zero-order valence-corrected chi connectivity index (χ0v) is 13.9. The first-order valence-corrected chi connectivity index (χ1v) is 9.14. The van der Waals surface area contributed by atoms with E-state index in [1.54, 1.807) is 0 Å². The molecule has 1 saturated heterocycles. The van der Waals surface area contributed by atoms with Crippen LogP contribution in [0.2, 0.25) is 0 Å². The van der Waals surface area contributed by atoms with Crippen LogP contribution in [0.15, 0.2) is 21.5 Å². The normalized spacial score (nSPS) is 19.0. The molecule has 21 heavy (non-hydrogen) atoms. The summed E-state index contributed by atoms with van der Waals surface area (Å²) in [5.74, 6) is -1.53. The first-order chi connectivity index (χ1) is 9.75. The smallest absolute Gasteiger partial charge is 0.257 e. The number of halogens is 2. The highest BCUT2D eigenvalue weighted by molar-refractivity contribution is 9.10. The van der Waals surface area contributed by atoms with Gasteiger partial charge in [-0.15, -0.1) is 0 Å². The minimum atomic E-state index is -3.76. The minimum absolute atomic E-state index is 0.127. The maximum atomic E-state index is 14.4. The van der Waals surface area contributed by atoms with E-state index in [1.807, 2.05) is 0 Å². The van der Waals surface area contributed by atoms with E-state index in [9.17, 15) is 17.6 Å². The summed E-state index contributed by atoms with van der Waals surface area (Å²) >= 11 is 3.12. The standard InChI is InChI=1S/C13H16BrFN2O3S/c1-21(19,20)11-6-8(14)5-10(12(11)15)13(18)17-4-2-3-9(17)7-16/h5-6,9H,2-4,7,16H2,1H3. The van der Waals surface area contributed by atoms with Crippen molar-refractivity contribution in [2.24, 2.45) is 5.73 Å². The largest absolute Gasteiger partial charge is 0.334 e. The average molecular weight is 379 g/mol. The van der Waals surface area contributed by atoms with Gasteiger partial charge in [-0.3, -0.25) is 4.79 Å². The summed E-state index contributed by atoms with van der Waals surface area (Å²) in [5, 5.41) is 0. The fraction of sp³-hybridized carbons (Fsp3) is 0.462. The molecule has 0 aliphatic carbocycles. The second-order valence-corrected chi connectivity index (χ2v) is 7.97. The van der Waals surface area contributed by atoms with Crippen LogP contribution in [-0.4, -0.2) is 44.6 Å². The lowest BCUT2D eigenvalue weighted by atomic mass is 10.1. The molecule has 1 amide bonds. The molecule has 0 radical (unpaired) electrons. The average Bonchev–Trinajstić information content (AvgIpc) is 2.87. The molecular weight excluding hydrogens is 363 g/mol. The Labute approximate surface area is 131 Å². The van der Waals surface area contributed by atoms with Crippen LogP contribution in [0, 0.1) is 5.82 Å². The lowest BCUT2D eigenvalue weighted by Crippen LogP contribution is -2.40.